The van der Waals surface area contributed by atoms with Gasteiger partial charge in [0, 0.05) is 5.76 Å². The van der Waals surface area contributed by atoms with Crippen molar-refractivity contribution in [2.75, 3.05) is 28.4 Å². The van der Waals surface area contributed by atoms with E-state index in [1.54, 1.807) is 0 Å². The normalized spacial score (nSPS) is 9.83. The van der Waals surface area contributed by atoms with Gasteiger partial charge in [-0.1, -0.05) is 0 Å². The lowest BCUT2D eigenvalue weighted by Crippen LogP contribution is -1.97. The smallest absolute Gasteiger partial charge is 0.293 e. The number of hydrogen-bond donors (Lipinski definition) is 0. The summed E-state index contributed by atoms with van der Waals surface area (Å²) in [5.41, 5.74) is 0. The van der Waals surface area contributed by atoms with Gasteiger partial charge in [-0.05, 0) is 6.26 Å². The summed E-state index contributed by atoms with van der Waals surface area (Å²) in [7, 11) is 5.85. The topological polar surface area (TPSA) is 39.0 Å². The van der Waals surface area contributed by atoms with Crippen LogP contribution in [0.4, 0.5) is 0 Å². The third kappa shape index (κ3) is 3.12. The SMILES string of the molecule is CO[C-]=C(OC)C(=C=[O+]C)OC. The van der Waals surface area contributed by atoms with Crippen molar-refractivity contribution in [3.8, 4) is 0 Å². The first-order valence-electron chi connectivity index (χ1n) is 3.20. The van der Waals surface area contributed by atoms with Crippen LogP contribution in [0.25, 0.3) is 0 Å². The maximum Gasteiger partial charge on any atom is 0.293 e. The Balaban J connectivity index is 4.69. The van der Waals surface area contributed by atoms with Gasteiger partial charge in [-0.25, -0.2) is 4.42 Å². The van der Waals surface area contributed by atoms with Crippen LogP contribution < -0.4 is 0 Å². The molecule has 4 nitrogen and oxygen atoms in total. The van der Waals surface area contributed by atoms with Crippen LogP contribution in [0.2, 0.25) is 0 Å². The van der Waals surface area contributed by atoms with Crippen LogP contribution in [0.1, 0.15) is 0 Å². The first-order valence-corrected chi connectivity index (χ1v) is 3.20. The van der Waals surface area contributed by atoms with Crippen LogP contribution in [0.5, 0.6) is 0 Å². The zero-order chi connectivity index (χ0) is 9.40. The Kier molecular flexibility index (Phi) is 5.57. The number of hydrogen-bond acceptors (Lipinski definition) is 3. The number of ether oxygens (including phenoxy) is 3. The number of methoxy groups -OCH3 is 3. The van der Waals surface area contributed by atoms with E-state index in [1.807, 2.05) is 0 Å². The summed E-state index contributed by atoms with van der Waals surface area (Å²) in [5.74, 6) is 3.04. The van der Waals surface area contributed by atoms with Gasteiger partial charge in [-0.15, -0.1) is 0 Å². The highest BCUT2D eigenvalue weighted by Crippen LogP contribution is 2.06. The lowest BCUT2D eigenvalue weighted by molar-refractivity contribution is 0.169. The minimum atomic E-state index is 0.293. The maximum absolute atomic E-state index is 4.87. The van der Waals surface area contributed by atoms with E-state index >= 15 is 0 Å². The lowest BCUT2D eigenvalue weighted by Gasteiger charge is -2.13. The molecule has 0 amide bonds. The molecule has 0 aliphatic heterocycles. The Hall–Kier alpha value is -1.41. The van der Waals surface area contributed by atoms with Crippen LogP contribution >= 0.6 is 0 Å². The van der Waals surface area contributed by atoms with Crippen LogP contribution in [0.15, 0.2) is 11.5 Å². The van der Waals surface area contributed by atoms with Gasteiger partial charge in [-0.2, -0.15) is 0 Å². The molecular weight excluding hydrogens is 160 g/mol. The van der Waals surface area contributed by atoms with Crippen molar-refractivity contribution in [1.29, 1.82) is 0 Å². The standard InChI is InChI=1S/C8H12O4/c1-9-5-7(11-3)8(12-4)6-10-2/h1-4H3. The fourth-order valence-electron chi connectivity index (χ4n) is 0.547. The molecular formula is C8H12O4. The van der Waals surface area contributed by atoms with Gasteiger partial charge in [-0.3, -0.25) is 0 Å². The van der Waals surface area contributed by atoms with E-state index in [1.165, 1.54) is 28.4 Å². The Morgan fingerprint density at radius 3 is 2.25 bits per heavy atom. The second-order valence-corrected chi connectivity index (χ2v) is 1.68. The lowest BCUT2D eigenvalue weighted by atomic mass is 10.5. The highest BCUT2D eigenvalue weighted by Gasteiger charge is 1.96. The van der Waals surface area contributed by atoms with E-state index in [4.69, 9.17) is 9.47 Å². The predicted octanol–water partition coefficient (Wildman–Crippen LogP) is 0.451. The highest BCUT2D eigenvalue weighted by atomic mass is 16.5. The molecule has 0 aliphatic carbocycles. The first kappa shape index (κ1) is 10.6. The molecule has 0 aliphatic rings. The molecule has 12 heavy (non-hydrogen) atoms. The Morgan fingerprint density at radius 2 is 1.92 bits per heavy atom. The van der Waals surface area contributed by atoms with Crippen molar-refractivity contribution in [2.24, 2.45) is 0 Å². The van der Waals surface area contributed by atoms with Crippen molar-refractivity contribution >= 4 is 5.94 Å². The number of carbonyl (C=O) groups excluding carboxylic acids is 1. The van der Waals surface area contributed by atoms with Crippen molar-refractivity contribution < 1.29 is 18.6 Å². The molecule has 0 fully saturated rings. The van der Waals surface area contributed by atoms with Gasteiger partial charge < -0.3 is 14.2 Å². The Morgan fingerprint density at radius 1 is 1.25 bits per heavy atom. The molecule has 4 heteroatoms. The largest absolute Gasteiger partial charge is 0.592 e. The summed E-state index contributed by atoms with van der Waals surface area (Å²) in [6, 6.07) is 0. The van der Waals surface area contributed by atoms with E-state index in [0.29, 0.717) is 11.5 Å². The summed E-state index contributed by atoms with van der Waals surface area (Å²) < 4.78 is 19.0. The molecule has 0 N–H and O–H groups in total. The molecule has 0 radical (unpaired) electrons. The Labute approximate surface area is 71.7 Å². The van der Waals surface area contributed by atoms with Crippen molar-refractivity contribution in [3.05, 3.63) is 17.8 Å². The summed E-state index contributed by atoms with van der Waals surface area (Å²) in [5, 5.41) is 0. The molecule has 0 saturated carbocycles. The molecule has 0 saturated heterocycles. The second kappa shape index (κ2) is 6.31. The molecule has 0 bridgehead atoms. The average Bonchev–Trinajstić information content (AvgIpc) is 2.11. The molecule has 0 rings (SSSR count). The zero-order valence-electron chi connectivity index (χ0n) is 7.63. The molecule has 0 unspecified atom stereocenters. The van der Waals surface area contributed by atoms with E-state index < -0.39 is 0 Å². The van der Waals surface area contributed by atoms with Gasteiger partial charge in [0.05, 0.1) is 21.3 Å². The van der Waals surface area contributed by atoms with Crippen LogP contribution in [-0.2, 0) is 18.6 Å². The minimum absolute atomic E-state index is 0.293. The van der Waals surface area contributed by atoms with Gasteiger partial charge in [0.25, 0.3) is 13.1 Å². The summed E-state index contributed by atoms with van der Waals surface area (Å²) in [4.78, 5) is 0. The molecule has 0 aromatic rings. The van der Waals surface area contributed by atoms with Crippen molar-refractivity contribution in [3.63, 3.8) is 0 Å². The van der Waals surface area contributed by atoms with Gasteiger partial charge >= 0.3 is 0 Å². The van der Waals surface area contributed by atoms with E-state index in [9.17, 15) is 0 Å². The monoisotopic (exact) mass is 172 g/mol. The second-order valence-electron chi connectivity index (χ2n) is 1.68. The van der Waals surface area contributed by atoms with E-state index in [-0.39, 0.29) is 0 Å². The molecule has 0 spiro atoms. The van der Waals surface area contributed by atoms with Crippen LogP contribution in [-0.4, -0.2) is 34.4 Å². The fourth-order valence-corrected chi connectivity index (χ4v) is 0.547. The quantitative estimate of drug-likeness (QED) is 0.203. The van der Waals surface area contributed by atoms with Gasteiger partial charge in [0.15, 0.2) is 0 Å². The summed E-state index contributed by atoms with van der Waals surface area (Å²) in [6.07, 6.45) is 2.46. The van der Waals surface area contributed by atoms with Gasteiger partial charge in [0.1, 0.15) is 5.76 Å². The third-order valence-corrected chi connectivity index (χ3v) is 1.00. The average molecular weight is 172 g/mol. The zero-order valence-corrected chi connectivity index (χ0v) is 7.63. The van der Waals surface area contributed by atoms with Crippen LogP contribution in [0, 0.1) is 6.26 Å². The molecule has 0 aromatic carbocycles. The summed E-state index contributed by atoms with van der Waals surface area (Å²) in [6.45, 7) is 0. The Bertz CT molecular complexity index is 211. The molecule has 0 aromatic heterocycles. The summed E-state index contributed by atoms with van der Waals surface area (Å²) >= 11 is 0. The maximum atomic E-state index is 4.87. The first-order chi connectivity index (χ1) is 5.79. The highest BCUT2D eigenvalue weighted by molar-refractivity contribution is 5.55. The van der Waals surface area contributed by atoms with Gasteiger partial charge in [0.2, 0.25) is 0 Å². The van der Waals surface area contributed by atoms with E-state index in [0.717, 1.165) is 0 Å². The van der Waals surface area contributed by atoms with Crippen LogP contribution in [0.3, 0.4) is 0 Å². The molecule has 68 valence electrons. The predicted molar refractivity (Wildman–Crippen MR) is 42.9 cm³/mol. The minimum Gasteiger partial charge on any atom is -0.592 e. The fraction of sp³-hybridized carbons (Fsp3) is 0.500. The number of rotatable bonds is 4. The molecule has 0 heterocycles. The van der Waals surface area contributed by atoms with E-state index in [2.05, 4.69) is 21.4 Å². The molecule has 0 atom stereocenters. The third-order valence-electron chi connectivity index (χ3n) is 1.00. The van der Waals surface area contributed by atoms with Crippen molar-refractivity contribution in [2.45, 2.75) is 0 Å². The van der Waals surface area contributed by atoms with Crippen molar-refractivity contribution in [1.82, 2.24) is 0 Å².